The van der Waals surface area contributed by atoms with E-state index in [-0.39, 0.29) is 30.5 Å². The summed E-state index contributed by atoms with van der Waals surface area (Å²) < 4.78 is 32.8. The second kappa shape index (κ2) is 6.33. The molecular formula is C19H15F2N3O2. The molecule has 1 atom stereocenters. The van der Waals surface area contributed by atoms with Crippen LogP contribution in [0.25, 0.3) is 11.4 Å². The minimum atomic E-state index is -0.647. The van der Waals surface area contributed by atoms with Crippen molar-refractivity contribution in [2.45, 2.75) is 19.3 Å². The Balaban J connectivity index is 1.60. The van der Waals surface area contributed by atoms with Crippen LogP contribution in [0.1, 0.15) is 23.8 Å². The van der Waals surface area contributed by atoms with Gasteiger partial charge in [0.1, 0.15) is 11.6 Å². The van der Waals surface area contributed by atoms with Crippen molar-refractivity contribution in [3.63, 3.8) is 0 Å². The molecule has 0 aliphatic carbocycles. The molecule has 4 rings (SSSR count). The summed E-state index contributed by atoms with van der Waals surface area (Å²) in [6.07, 6.45) is 0.103. The Hall–Kier alpha value is -3.09. The van der Waals surface area contributed by atoms with Crippen LogP contribution in [-0.4, -0.2) is 22.6 Å². The molecule has 132 valence electrons. The molecule has 1 aliphatic rings. The molecule has 0 saturated carbocycles. The lowest BCUT2D eigenvalue weighted by Gasteiger charge is -2.16. The van der Waals surface area contributed by atoms with Gasteiger partial charge in [0.15, 0.2) is 0 Å². The van der Waals surface area contributed by atoms with Gasteiger partial charge in [-0.3, -0.25) is 4.79 Å². The number of amides is 1. The minimum absolute atomic E-state index is 0.0730. The van der Waals surface area contributed by atoms with Crippen molar-refractivity contribution in [2.24, 2.45) is 0 Å². The lowest BCUT2D eigenvalue weighted by atomic mass is 10.1. The number of halogens is 2. The van der Waals surface area contributed by atoms with Crippen LogP contribution in [0.5, 0.6) is 0 Å². The predicted octanol–water partition coefficient (Wildman–Crippen LogP) is 3.84. The number of hydrogen-bond acceptors (Lipinski definition) is 4. The summed E-state index contributed by atoms with van der Waals surface area (Å²) in [5, 5.41) is 4.00. The number of aromatic nitrogens is 2. The maximum Gasteiger partial charge on any atom is 0.232 e. The number of anilines is 1. The van der Waals surface area contributed by atoms with Gasteiger partial charge >= 0.3 is 0 Å². The second-order valence-corrected chi connectivity index (χ2v) is 6.27. The van der Waals surface area contributed by atoms with Crippen LogP contribution in [0.4, 0.5) is 14.5 Å². The summed E-state index contributed by atoms with van der Waals surface area (Å²) in [5.74, 6) is -1.16. The Kier molecular flexibility index (Phi) is 3.99. The van der Waals surface area contributed by atoms with Crippen LogP contribution in [0.2, 0.25) is 0 Å². The van der Waals surface area contributed by atoms with E-state index < -0.39 is 11.6 Å². The average Bonchev–Trinajstić information content (AvgIpc) is 3.24. The fraction of sp³-hybridized carbons (Fsp3) is 0.211. The molecule has 0 spiro atoms. The summed E-state index contributed by atoms with van der Waals surface area (Å²) in [5.41, 5.74) is 1.78. The molecule has 1 aromatic heterocycles. The first kappa shape index (κ1) is 16.4. The lowest BCUT2D eigenvalue weighted by molar-refractivity contribution is -0.117. The van der Waals surface area contributed by atoms with E-state index in [0.717, 1.165) is 29.3 Å². The van der Waals surface area contributed by atoms with E-state index in [0.29, 0.717) is 11.7 Å². The van der Waals surface area contributed by atoms with E-state index in [9.17, 15) is 13.6 Å². The maximum absolute atomic E-state index is 14.0. The summed E-state index contributed by atoms with van der Waals surface area (Å²) >= 11 is 0. The minimum Gasteiger partial charge on any atom is -0.339 e. The summed E-state index contributed by atoms with van der Waals surface area (Å²) in [7, 11) is 0. The van der Waals surface area contributed by atoms with Crippen LogP contribution in [-0.2, 0) is 4.79 Å². The van der Waals surface area contributed by atoms with Crippen LogP contribution in [0.3, 0.4) is 0 Å². The van der Waals surface area contributed by atoms with Gasteiger partial charge in [0.05, 0.1) is 11.6 Å². The highest BCUT2D eigenvalue weighted by molar-refractivity contribution is 5.96. The van der Waals surface area contributed by atoms with Gasteiger partial charge in [-0.2, -0.15) is 4.98 Å². The molecule has 1 fully saturated rings. The van der Waals surface area contributed by atoms with Crippen molar-refractivity contribution in [3.05, 3.63) is 65.6 Å². The first-order valence-corrected chi connectivity index (χ1v) is 8.18. The Bertz CT molecular complexity index is 986. The number of rotatable bonds is 3. The van der Waals surface area contributed by atoms with Crippen molar-refractivity contribution in [2.75, 3.05) is 11.4 Å². The van der Waals surface area contributed by atoms with Gasteiger partial charge in [-0.05, 0) is 24.6 Å². The largest absolute Gasteiger partial charge is 0.339 e. The van der Waals surface area contributed by atoms with Crippen molar-refractivity contribution < 1.29 is 18.1 Å². The predicted molar refractivity (Wildman–Crippen MR) is 90.5 cm³/mol. The summed E-state index contributed by atoms with van der Waals surface area (Å²) in [6.45, 7) is 2.10. The zero-order valence-electron chi connectivity index (χ0n) is 13.9. The van der Waals surface area contributed by atoms with E-state index in [2.05, 4.69) is 10.1 Å². The maximum atomic E-state index is 14.0. The molecular weight excluding hydrogens is 340 g/mol. The van der Waals surface area contributed by atoms with E-state index >= 15 is 0 Å². The molecule has 5 nitrogen and oxygen atoms in total. The lowest BCUT2D eigenvalue weighted by Crippen LogP contribution is -2.25. The zero-order valence-corrected chi connectivity index (χ0v) is 13.9. The third kappa shape index (κ3) is 2.85. The molecule has 3 aromatic rings. The molecule has 0 N–H and O–H groups in total. The van der Waals surface area contributed by atoms with Gasteiger partial charge in [-0.1, -0.05) is 29.4 Å². The molecule has 1 aliphatic heterocycles. The quantitative estimate of drug-likeness (QED) is 0.716. The molecule has 0 radical (unpaired) electrons. The Morgan fingerprint density at radius 2 is 2.00 bits per heavy atom. The number of benzene rings is 2. The SMILES string of the molecule is Cc1ccccc1-c1noc(C2CC(=O)N(c3cc(F)ccc3F)C2)n1. The first-order valence-electron chi connectivity index (χ1n) is 8.18. The van der Waals surface area contributed by atoms with Crippen molar-refractivity contribution >= 4 is 11.6 Å². The summed E-state index contributed by atoms with van der Waals surface area (Å²) in [6, 6.07) is 10.7. The molecule has 2 heterocycles. The van der Waals surface area contributed by atoms with E-state index in [1.54, 1.807) is 0 Å². The Morgan fingerprint density at radius 1 is 1.19 bits per heavy atom. The van der Waals surface area contributed by atoms with Gasteiger partial charge in [0.25, 0.3) is 0 Å². The van der Waals surface area contributed by atoms with Crippen molar-refractivity contribution in [3.8, 4) is 11.4 Å². The van der Waals surface area contributed by atoms with Crippen LogP contribution < -0.4 is 4.90 Å². The van der Waals surface area contributed by atoms with E-state index in [1.807, 2.05) is 31.2 Å². The fourth-order valence-electron chi connectivity index (χ4n) is 3.13. The average molecular weight is 355 g/mol. The van der Waals surface area contributed by atoms with Crippen LogP contribution in [0.15, 0.2) is 47.0 Å². The molecule has 2 aromatic carbocycles. The van der Waals surface area contributed by atoms with Gasteiger partial charge in [-0.15, -0.1) is 0 Å². The van der Waals surface area contributed by atoms with Crippen LogP contribution >= 0.6 is 0 Å². The van der Waals surface area contributed by atoms with Crippen LogP contribution in [0, 0.1) is 18.6 Å². The Labute approximate surface area is 148 Å². The topological polar surface area (TPSA) is 59.2 Å². The second-order valence-electron chi connectivity index (χ2n) is 6.27. The number of nitrogens with zero attached hydrogens (tertiary/aromatic N) is 3. The highest BCUT2D eigenvalue weighted by Gasteiger charge is 2.36. The first-order chi connectivity index (χ1) is 12.5. The number of aryl methyl sites for hydroxylation is 1. The van der Waals surface area contributed by atoms with Gasteiger partial charge in [0.2, 0.25) is 17.6 Å². The smallest absolute Gasteiger partial charge is 0.232 e. The van der Waals surface area contributed by atoms with Crippen molar-refractivity contribution in [1.82, 2.24) is 10.1 Å². The molecule has 0 bridgehead atoms. The fourth-order valence-corrected chi connectivity index (χ4v) is 3.13. The molecule has 26 heavy (non-hydrogen) atoms. The molecule has 1 saturated heterocycles. The molecule has 1 unspecified atom stereocenters. The van der Waals surface area contributed by atoms with Gasteiger partial charge in [-0.25, -0.2) is 8.78 Å². The van der Waals surface area contributed by atoms with Gasteiger partial charge in [0, 0.05) is 24.6 Å². The highest BCUT2D eigenvalue weighted by Crippen LogP contribution is 2.33. The monoisotopic (exact) mass is 355 g/mol. The number of carbonyl (C=O) groups excluding carboxylic acids is 1. The zero-order chi connectivity index (χ0) is 18.3. The van der Waals surface area contributed by atoms with Crippen molar-refractivity contribution in [1.29, 1.82) is 0 Å². The van der Waals surface area contributed by atoms with E-state index in [4.69, 9.17) is 4.52 Å². The molecule has 1 amide bonds. The third-order valence-corrected chi connectivity index (χ3v) is 4.50. The van der Waals surface area contributed by atoms with Gasteiger partial charge < -0.3 is 9.42 Å². The highest BCUT2D eigenvalue weighted by atomic mass is 19.1. The third-order valence-electron chi connectivity index (χ3n) is 4.50. The number of hydrogen-bond donors (Lipinski definition) is 0. The summed E-state index contributed by atoms with van der Waals surface area (Å²) in [4.78, 5) is 17.9. The normalized spacial score (nSPS) is 17.1. The number of carbonyl (C=O) groups is 1. The van der Waals surface area contributed by atoms with E-state index in [1.165, 1.54) is 4.90 Å². The standard InChI is InChI=1S/C19H15F2N3O2/c1-11-4-2-3-5-14(11)18-22-19(26-23-18)12-8-17(25)24(10-12)16-9-13(20)6-7-15(16)21/h2-7,9,12H,8,10H2,1H3. The Morgan fingerprint density at radius 3 is 2.81 bits per heavy atom. The molecule has 7 heteroatoms.